The van der Waals surface area contributed by atoms with Gasteiger partial charge in [-0.25, -0.2) is 0 Å². The number of methoxy groups -OCH3 is 1. The quantitative estimate of drug-likeness (QED) is 0.909. The van der Waals surface area contributed by atoms with E-state index >= 15 is 0 Å². The van der Waals surface area contributed by atoms with Crippen molar-refractivity contribution in [3.05, 3.63) is 29.5 Å². The molecular weight excluding hydrogens is 300 g/mol. The second-order valence-corrected chi connectivity index (χ2v) is 5.37. The molecule has 2 heterocycles. The number of nitrogens with zero attached hydrogens (tertiary/aromatic N) is 1. The molecular formula is C16H18N2O5. The molecule has 2 aromatic rings. The summed E-state index contributed by atoms with van der Waals surface area (Å²) in [4.78, 5) is 12.5. The second kappa shape index (κ2) is 6.29. The summed E-state index contributed by atoms with van der Waals surface area (Å²) >= 11 is 0. The van der Waals surface area contributed by atoms with Crippen LogP contribution >= 0.6 is 0 Å². The third kappa shape index (κ3) is 3.00. The molecule has 122 valence electrons. The molecule has 0 spiro atoms. The van der Waals surface area contributed by atoms with Crippen LogP contribution in [-0.4, -0.2) is 37.6 Å². The summed E-state index contributed by atoms with van der Waals surface area (Å²) in [7, 11) is 1.59. The number of carbonyl (C=O) groups is 1. The fourth-order valence-corrected chi connectivity index (χ4v) is 2.46. The highest BCUT2D eigenvalue weighted by Gasteiger charge is 2.24. The monoisotopic (exact) mass is 318 g/mol. The number of aryl methyl sites for hydroxylation is 1. The van der Waals surface area contributed by atoms with Crippen LogP contribution in [0.2, 0.25) is 0 Å². The van der Waals surface area contributed by atoms with Crippen molar-refractivity contribution in [3.8, 4) is 22.8 Å². The van der Waals surface area contributed by atoms with Gasteiger partial charge in [0.1, 0.15) is 5.56 Å². The zero-order valence-corrected chi connectivity index (χ0v) is 13.2. The number of rotatable bonds is 5. The Labute approximate surface area is 133 Å². The number of ether oxygens (including phenoxy) is 3. The summed E-state index contributed by atoms with van der Waals surface area (Å²) < 4.78 is 21.1. The maximum Gasteiger partial charge on any atom is 0.257 e. The molecule has 0 fully saturated rings. The van der Waals surface area contributed by atoms with Crippen LogP contribution in [0, 0.1) is 6.92 Å². The van der Waals surface area contributed by atoms with Gasteiger partial charge in [-0.2, -0.15) is 0 Å². The number of carbonyl (C=O) groups excluding carboxylic acids is 1. The van der Waals surface area contributed by atoms with Crippen LogP contribution in [-0.2, 0) is 4.74 Å². The van der Waals surface area contributed by atoms with Crippen molar-refractivity contribution in [1.29, 1.82) is 0 Å². The minimum Gasteiger partial charge on any atom is -0.454 e. The molecule has 1 aromatic carbocycles. The van der Waals surface area contributed by atoms with E-state index in [1.807, 2.05) is 13.0 Å². The highest BCUT2D eigenvalue weighted by atomic mass is 16.7. The average molecular weight is 318 g/mol. The molecule has 0 bridgehead atoms. The van der Waals surface area contributed by atoms with Gasteiger partial charge in [0.25, 0.3) is 5.91 Å². The molecule has 7 nitrogen and oxygen atoms in total. The number of hydrogen-bond donors (Lipinski definition) is 1. The van der Waals surface area contributed by atoms with Gasteiger partial charge in [0.05, 0.1) is 12.3 Å². The zero-order chi connectivity index (χ0) is 16.4. The van der Waals surface area contributed by atoms with Gasteiger partial charge >= 0.3 is 0 Å². The first-order valence-corrected chi connectivity index (χ1v) is 7.26. The largest absolute Gasteiger partial charge is 0.454 e. The number of benzene rings is 1. The Bertz CT molecular complexity index is 725. The van der Waals surface area contributed by atoms with E-state index in [4.69, 9.17) is 18.7 Å². The number of hydrogen-bond acceptors (Lipinski definition) is 6. The molecule has 1 N–H and O–H groups in total. The number of amides is 1. The normalized spacial score (nSPS) is 13.9. The first-order chi connectivity index (χ1) is 11.1. The van der Waals surface area contributed by atoms with E-state index in [9.17, 15) is 4.79 Å². The standard InChI is InChI=1S/C16H18N2O5/c1-9(7-20-3)17-16(19)14-10(2)18-23-15(14)11-4-5-12-13(6-11)22-8-21-12/h4-6,9H,7-8H2,1-3H3,(H,17,19)/t9-/m1/s1. The van der Waals surface area contributed by atoms with E-state index in [-0.39, 0.29) is 18.7 Å². The Balaban J connectivity index is 1.91. The highest BCUT2D eigenvalue weighted by Crippen LogP contribution is 2.37. The van der Waals surface area contributed by atoms with Gasteiger partial charge in [-0.15, -0.1) is 0 Å². The van der Waals surface area contributed by atoms with E-state index in [1.54, 1.807) is 26.2 Å². The molecule has 0 aliphatic carbocycles. The molecule has 1 aliphatic heterocycles. The third-order valence-corrected chi connectivity index (χ3v) is 3.52. The van der Waals surface area contributed by atoms with E-state index in [2.05, 4.69) is 10.5 Å². The van der Waals surface area contributed by atoms with Crippen LogP contribution in [0.5, 0.6) is 11.5 Å². The van der Waals surface area contributed by atoms with E-state index < -0.39 is 0 Å². The summed E-state index contributed by atoms with van der Waals surface area (Å²) in [6.45, 7) is 4.21. The summed E-state index contributed by atoms with van der Waals surface area (Å²) in [5.74, 6) is 1.45. The topological polar surface area (TPSA) is 82.8 Å². The van der Waals surface area contributed by atoms with Gasteiger partial charge in [0.15, 0.2) is 17.3 Å². The van der Waals surface area contributed by atoms with Crippen LogP contribution in [0.1, 0.15) is 23.0 Å². The molecule has 0 radical (unpaired) electrons. The Morgan fingerprint density at radius 3 is 2.96 bits per heavy atom. The Morgan fingerprint density at radius 1 is 1.39 bits per heavy atom. The SMILES string of the molecule is COC[C@@H](C)NC(=O)c1c(C)noc1-c1ccc2c(c1)OCO2. The average Bonchev–Trinajstić information content (AvgIpc) is 3.12. The minimum atomic E-state index is -0.249. The third-order valence-electron chi connectivity index (χ3n) is 3.52. The summed E-state index contributed by atoms with van der Waals surface area (Å²) in [6, 6.07) is 5.25. The smallest absolute Gasteiger partial charge is 0.257 e. The van der Waals surface area contributed by atoms with Gasteiger partial charge in [-0.05, 0) is 32.0 Å². The van der Waals surface area contributed by atoms with Crippen molar-refractivity contribution in [2.75, 3.05) is 20.5 Å². The minimum absolute atomic E-state index is 0.119. The summed E-state index contributed by atoms with van der Waals surface area (Å²) in [5.41, 5.74) is 1.64. The van der Waals surface area contributed by atoms with Crippen molar-refractivity contribution in [2.45, 2.75) is 19.9 Å². The van der Waals surface area contributed by atoms with E-state index in [0.717, 1.165) is 0 Å². The van der Waals surface area contributed by atoms with E-state index in [0.29, 0.717) is 40.7 Å². The molecule has 1 atom stereocenters. The molecule has 1 aliphatic rings. The van der Waals surface area contributed by atoms with Crippen LogP contribution < -0.4 is 14.8 Å². The van der Waals surface area contributed by atoms with Gasteiger partial charge in [0, 0.05) is 18.7 Å². The molecule has 7 heteroatoms. The maximum absolute atomic E-state index is 12.5. The second-order valence-electron chi connectivity index (χ2n) is 5.37. The van der Waals surface area contributed by atoms with Gasteiger partial charge < -0.3 is 24.1 Å². The number of fused-ring (bicyclic) bond motifs is 1. The lowest BCUT2D eigenvalue weighted by atomic mass is 10.1. The molecule has 23 heavy (non-hydrogen) atoms. The first kappa shape index (κ1) is 15.4. The summed E-state index contributed by atoms with van der Waals surface area (Å²) in [6.07, 6.45) is 0. The lowest BCUT2D eigenvalue weighted by molar-refractivity contribution is 0.0905. The maximum atomic E-state index is 12.5. The van der Waals surface area contributed by atoms with Gasteiger partial charge in [0.2, 0.25) is 6.79 Å². The first-order valence-electron chi connectivity index (χ1n) is 7.26. The van der Waals surface area contributed by atoms with Crippen LogP contribution in [0.4, 0.5) is 0 Å². The molecule has 1 aromatic heterocycles. The fraction of sp³-hybridized carbons (Fsp3) is 0.375. The highest BCUT2D eigenvalue weighted by molar-refractivity contribution is 6.00. The van der Waals surface area contributed by atoms with Gasteiger partial charge in [-0.3, -0.25) is 4.79 Å². The summed E-state index contributed by atoms with van der Waals surface area (Å²) in [5, 5.41) is 6.79. The molecule has 0 saturated carbocycles. The van der Waals surface area contributed by atoms with Gasteiger partial charge in [-0.1, -0.05) is 5.16 Å². The predicted octanol–water partition coefficient (Wildman–Crippen LogP) is 2.14. The predicted molar refractivity (Wildman–Crippen MR) is 81.6 cm³/mol. The Hall–Kier alpha value is -2.54. The number of aromatic nitrogens is 1. The lowest BCUT2D eigenvalue weighted by Crippen LogP contribution is -2.36. The van der Waals surface area contributed by atoms with Crippen LogP contribution in [0.25, 0.3) is 11.3 Å². The fourth-order valence-electron chi connectivity index (χ4n) is 2.46. The van der Waals surface area contributed by atoms with Crippen molar-refractivity contribution in [1.82, 2.24) is 10.5 Å². The Kier molecular flexibility index (Phi) is 4.20. The van der Waals surface area contributed by atoms with Crippen LogP contribution in [0.15, 0.2) is 22.7 Å². The lowest BCUT2D eigenvalue weighted by Gasteiger charge is -2.12. The molecule has 0 saturated heterocycles. The van der Waals surface area contributed by atoms with Crippen molar-refractivity contribution >= 4 is 5.91 Å². The van der Waals surface area contributed by atoms with Crippen molar-refractivity contribution in [2.24, 2.45) is 0 Å². The zero-order valence-electron chi connectivity index (χ0n) is 13.2. The molecule has 3 rings (SSSR count). The van der Waals surface area contributed by atoms with Crippen molar-refractivity contribution in [3.63, 3.8) is 0 Å². The molecule has 0 unspecified atom stereocenters. The van der Waals surface area contributed by atoms with Crippen molar-refractivity contribution < 1.29 is 23.5 Å². The van der Waals surface area contributed by atoms with Crippen LogP contribution in [0.3, 0.4) is 0 Å². The molecule has 1 amide bonds. The Morgan fingerprint density at radius 2 is 2.17 bits per heavy atom. The number of nitrogens with one attached hydrogen (secondary N) is 1. The van der Waals surface area contributed by atoms with E-state index in [1.165, 1.54) is 0 Å².